The highest BCUT2D eigenvalue weighted by Gasteiger charge is 2.64. The Morgan fingerprint density at radius 3 is 1.44 bits per heavy atom. The van der Waals surface area contributed by atoms with Crippen molar-refractivity contribution in [3.05, 3.63) is 95.6 Å². The summed E-state index contributed by atoms with van der Waals surface area (Å²) >= 11 is 0. The minimum absolute atomic E-state index is 0.00258. The highest BCUT2D eigenvalue weighted by atomic mass is 16.8. The molecule has 96 heavy (non-hydrogen) atoms. The van der Waals surface area contributed by atoms with Crippen LogP contribution in [0.15, 0.2) is 78.9 Å². The average molecular weight is 1370 g/mol. The number of carbonyl (C=O) groups is 5. The first kappa shape index (κ1) is 74.6. The van der Waals surface area contributed by atoms with Gasteiger partial charge in [0, 0.05) is 26.0 Å². The van der Waals surface area contributed by atoms with E-state index in [-0.39, 0.29) is 39.7 Å². The molecule has 35 nitrogen and oxygen atoms in total. The third-order valence-electron chi connectivity index (χ3n) is 15.8. The fourth-order valence-corrected chi connectivity index (χ4v) is 10.8. The van der Waals surface area contributed by atoms with Gasteiger partial charge in [0.05, 0.1) is 39.6 Å². The van der Waals surface area contributed by atoms with Crippen molar-refractivity contribution in [2.45, 2.75) is 161 Å². The number of methoxy groups -OCH3 is 2. The van der Waals surface area contributed by atoms with E-state index in [1.54, 1.807) is 6.07 Å². The highest BCUT2D eigenvalue weighted by molar-refractivity contribution is 5.90. The number of esters is 5. The zero-order valence-corrected chi connectivity index (χ0v) is 51.5. The van der Waals surface area contributed by atoms with E-state index in [4.69, 9.17) is 75.8 Å². The maximum Gasteiger partial charge on any atom is 0.338 e. The lowest BCUT2D eigenvalue weighted by Gasteiger charge is -2.51. The second-order valence-electron chi connectivity index (χ2n) is 22.4. The van der Waals surface area contributed by atoms with Crippen LogP contribution >= 0.6 is 0 Å². The van der Waals surface area contributed by atoms with Crippen LogP contribution in [0.3, 0.4) is 0 Å². The fraction of sp³-hybridized carbons (Fsp3) is 0.557. The Bertz CT molecular complexity index is 3150. The predicted octanol–water partition coefficient (Wildman–Crippen LogP) is -4.96. The Morgan fingerprint density at radius 2 is 0.938 bits per heavy atom. The summed E-state index contributed by atoms with van der Waals surface area (Å²) in [5.41, 5.74) is 0.316. The lowest BCUT2D eigenvalue weighted by atomic mass is 9.95. The molecule has 0 unspecified atom stereocenters. The van der Waals surface area contributed by atoms with Crippen LogP contribution in [0.2, 0.25) is 0 Å². The molecule has 3 aromatic carbocycles. The van der Waals surface area contributed by atoms with Gasteiger partial charge in [0.15, 0.2) is 60.4 Å². The Kier molecular flexibility index (Phi) is 26.0. The van der Waals surface area contributed by atoms with Gasteiger partial charge in [-0.1, -0.05) is 30.3 Å². The number of aliphatic hydroxyl groups excluding tert-OH is 12. The molecule has 5 fully saturated rings. The highest BCUT2D eigenvalue weighted by Crippen LogP contribution is 2.43. The van der Waals surface area contributed by atoms with Crippen molar-refractivity contribution < 1.29 is 171 Å². The van der Waals surface area contributed by atoms with Gasteiger partial charge < -0.3 is 147 Å². The Labute approximate surface area is 545 Å². The summed E-state index contributed by atoms with van der Waals surface area (Å²) in [7, 11) is 2.51. The molecule has 14 N–H and O–H groups in total. The monoisotopic (exact) mass is 1370 g/mol. The van der Waals surface area contributed by atoms with E-state index in [1.807, 2.05) is 0 Å². The lowest BCUT2D eigenvalue weighted by molar-refractivity contribution is -0.423. The Hall–Kier alpha value is -7.15. The number of ether oxygens (including phenoxy) is 16. The van der Waals surface area contributed by atoms with E-state index in [9.17, 15) is 95.5 Å². The van der Waals surface area contributed by atoms with Gasteiger partial charge in [-0.15, -0.1) is 0 Å². The SMILES string of the molecule is COc1cc(/C=C/C(=O)OC[C@@]2(O[C@H]3O[C@H](COC(C)=O)[C@@H](OC(=O)/C=C/c4ccc(O)c(OC)c4)[C@H](O[C@H]4O[C@H](COC(C)=O)[C@@H](O[C@@H]5O[C@H](CO)[C@@H](O)[C@H](O)[C@H]5O)[C@H](O)[C@H]4O)[C@H]3O[C@@H]3O[C@H](CO)[C@@H](O)[C@H](O)[C@H]3O)O[C@H](CO)[C@@H](O)[C@H]2OC(=O)c2ccccc2)ccc1O. The van der Waals surface area contributed by atoms with Crippen molar-refractivity contribution in [2.75, 3.05) is 53.9 Å². The molecule has 5 aliphatic heterocycles. The number of phenolic OH excluding ortho intramolecular Hbond substituents is 2. The van der Waals surface area contributed by atoms with Crippen molar-refractivity contribution in [3.8, 4) is 23.0 Å². The van der Waals surface area contributed by atoms with E-state index < -0.39 is 216 Å². The van der Waals surface area contributed by atoms with Gasteiger partial charge in [0.25, 0.3) is 0 Å². The first-order valence-corrected chi connectivity index (χ1v) is 29.6. The summed E-state index contributed by atoms with van der Waals surface area (Å²) in [5, 5.41) is 154. The number of hydrogen-bond donors (Lipinski definition) is 14. The van der Waals surface area contributed by atoms with E-state index >= 15 is 0 Å². The second kappa shape index (κ2) is 33.4. The molecule has 0 saturated carbocycles. The molecule has 0 spiro atoms. The third-order valence-corrected chi connectivity index (χ3v) is 15.8. The minimum atomic E-state index is -3.03. The van der Waals surface area contributed by atoms with Crippen molar-refractivity contribution in [2.24, 2.45) is 0 Å². The van der Waals surface area contributed by atoms with Crippen LogP contribution in [0, 0.1) is 0 Å². The summed E-state index contributed by atoms with van der Waals surface area (Å²) < 4.78 is 94.2. The van der Waals surface area contributed by atoms with Crippen LogP contribution in [-0.4, -0.2) is 302 Å². The number of carbonyl (C=O) groups excluding carboxylic acids is 5. The van der Waals surface area contributed by atoms with Gasteiger partial charge in [0.1, 0.15) is 124 Å². The number of rotatable bonds is 26. The van der Waals surface area contributed by atoms with Gasteiger partial charge >= 0.3 is 29.8 Å². The van der Waals surface area contributed by atoms with Crippen LogP contribution in [-0.2, 0) is 85.5 Å². The number of hydrogen-bond acceptors (Lipinski definition) is 35. The average Bonchev–Trinajstić information content (AvgIpc) is 1.35. The Morgan fingerprint density at radius 1 is 0.479 bits per heavy atom. The minimum Gasteiger partial charge on any atom is -0.504 e. The first-order valence-electron chi connectivity index (χ1n) is 29.6. The molecule has 3 aromatic rings. The van der Waals surface area contributed by atoms with Crippen molar-refractivity contribution in [1.82, 2.24) is 0 Å². The van der Waals surface area contributed by atoms with Crippen LogP contribution in [0.4, 0.5) is 0 Å². The maximum absolute atomic E-state index is 14.4. The van der Waals surface area contributed by atoms with Gasteiger partial charge in [-0.2, -0.15) is 0 Å². The summed E-state index contributed by atoms with van der Waals surface area (Å²) in [6.45, 7) is -4.52. The molecule has 0 aromatic heterocycles. The van der Waals surface area contributed by atoms with Gasteiger partial charge in [-0.05, 0) is 59.7 Å². The normalized spacial score (nSPS) is 35.4. The molecule has 5 saturated heterocycles. The molecule has 0 amide bonds. The van der Waals surface area contributed by atoms with Crippen molar-refractivity contribution in [1.29, 1.82) is 0 Å². The summed E-state index contributed by atoms with van der Waals surface area (Å²) in [6, 6.07) is 14.9. The number of aromatic hydroxyl groups is 2. The molecular weight excluding hydrogens is 1290 g/mol. The number of benzene rings is 3. The molecule has 530 valence electrons. The second-order valence-corrected chi connectivity index (χ2v) is 22.4. The van der Waals surface area contributed by atoms with Crippen LogP contribution in [0.5, 0.6) is 23.0 Å². The van der Waals surface area contributed by atoms with E-state index in [1.165, 1.54) is 81.0 Å². The number of phenols is 2. The summed E-state index contributed by atoms with van der Waals surface area (Å²) in [6.07, 6.45) is -45.7. The lowest BCUT2D eigenvalue weighted by Crippen LogP contribution is -2.69. The van der Waals surface area contributed by atoms with Crippen molar-refractivity contribution in [3.63, 3.8) is 0 Å². The maximum atomic E-state index is 14.4. The molecule has 0 radical (unpaired) electrons. The molecule has 24 atom stereocenters. The molecular formula is C61H76O35. The molecule has 0 aliphatic carbocycles. The van der Waals surface area contributed by atoms with Crippen LogP contribution in [0.25, 0.3) is 12.2 Å². The van der Waals surface area contributed by atoms with E-state index in [0.29, 0.717) is 0 Å². The third kappa shape index (κ3) is 17.6. The quantitative estimate of drug-likeness (QED) is 0.0203. The van der Waals surface area contributed by atoms with E-state index in [2.05, 4.69) is 0 Å². The fourth-order valence-electron chi connectivity index (χ4n) is 10.8. The largest absolute Gasteiger partial charge is 0.504 e. The topological polar surface area (TPSA) is 516 Å². The van der Waals surface area contributed by atoms with E-state index in [0.717, 1.165) is 32.1 Å². The smallest absolute Gasteiger partial charge is 0.338 e. The molecule has 0 bridgehead atoms. The summed E-state index contributed by atoms with van der Waals surface area (Å²) in [4.78, 5) is 67.8. The van der Waals surface area contributed by atoms with Crippen LogP contribution < -0.4 is 9.47 Å². The van der Waals surface area contributed by atoms with Crippen LogP contribution in [0.1, 0.15) is 35.3 Å². The zero-order chi connectivity index (χ0) is 69.9. The molecule has 35 heteroatoms. The predicted molar refractivity (Wildman–Crippen MR) is 310 cm³/mol. The van der Waals surface area contributed by atoms with Gasteiger partial charge in [-0.25, -0.2) is 14.4 Å². The molecule has 8 rings (SSSR count). The Balaban J connectivity index is 1.29. The number of aliphatic hydroxyl groups is 12. The molecule has 5 heterocycles. The first-order chi connectivity index (χ1) is 45.7. The van der Waals surface area contributed by atoms with Crippen molar-refractivity contribution >= 4 is 42.0 Å². The van der Waals surface area contributed by atoms with Gasteiger partial charge in [-0.3, -0.25) is 9.59 Å². The zero-order valence-electron chi connectivity index (χ0n) is 51.5. The summed E-state index contributed by atoms with van der Waals surface area (Å²) in [5.74, 6) is -9.41. The van der Waals surface area contributed by atoms with Gasteiger partial charge in [0.2, 0.25) is 5.79 Å². The standard InChI is InChI=1S/C61H76O35/c1-26(65)83-23-38-51(91-57-48(77)45(74)42(71)35(20-62)86-57)47(76)50(79)59(88-38)92-53-52(90-41(70)17-13-29-11-15-32(68)34(19-29)82-4)39(24-84-27(2)66)89-60(54(53)93-58-49(78)46(75)43(72)36(21-63)87-58)96-61(25-85-40(69)16-12-28-10-14-31(67)33(18-28)81-3)55(44(73)37(22-64)95-61)94-56(80)30-8-6-5-7-9-30/h5-19,35-39,42-55,57-60,62-64,67-68,71-79H,20-25H2,1-4H3/b16-12+,17-13+/t35-,36-,37-,38-,39-,42-,43-,44-,45+,46+,47-,48-,49-,50-,51-,52-,53+,54-,55-,57+,58+,59-,60-,61+/m1/s1. The molecule has 5 aliphatic rings.